The standard InChI is InChI=1S/C8H12O/c1-3-5-8(2)6-4-7-9/h5-6,9H,1,4,7H2,2H3. The Hall–Kier alpha value is -0.780. The van der Waals surface area contributed by atoms with Gasteiger partial charge in [0.05, 0.1) is 0 Å². The topological polar surface area (TPSA) is 20.2 Å². The van der Waals surface area contributed by atoms with Crippen molar-refractivity contribution in [1.82, 2.24) is 0 Å². The minimum Gasteiger partial charge on any atom is -0.396 e. The highest BCUT2D eigenvalue weighted by Crippen LogP contribution is 1.94. The summed E-state index contributed by atoms with van der Waals surface area (Å²) in [7, 11) is 0. The minimum absolute atomic E-state index is 0.211. The summed E-state index contributed by atoms with van der Waals surface area (Å²) in [6, 6.07) is 0. The third kappa shape index (κ3) is 5.09. The molecule has 9 heavy (non-hydrogen) atoms. The van der Waals surface area contributed by atoms with E-state index in [1.807, 2.05) is 13.0 Å². The second-order valence-corrected chi connectivity index (χ2v) is 1.81. The summed E-state index contributed by atoms with van der Waals surface area (Å²) in [6.07, 6.45) is 4.44. The first kappa shape index (κ1) is 8.22. The SMILES string of the molecule is C=C=CC(C)=CCCO. The summed E-state index contributed by atoms with van der Waals surface area (Å²) in [4.78, 5) is 0. The second kappa shape index (κ2) is 5.36. The lowest BCUT2D eigenvalue weighted by Gasteiger charge is -1.86. The fourth-order valence-electron chi connectivity index (χ4n) is 0.512. The number of hydrogen-bond acceptors (Lipinski definition) is 1. The van der Waals surface area contributed by atoms with Crippen molar-refractivity contribution in [3.05, 3.63) is 30.0 Å². The Morgan fingerprint density at radius 3 is 2.89 bits per heavy atom. The molecular weight excluding hydrogens is 112 g/mol. The van der Waals surface area contributed by atoms with E-state index in [9.17, 15) is 0 Å². The predicted octanol–water partition coefficient (Wildman–Crippen LogP) is 1.66. The predicted molar refractivity (Wildman–Crippen MR) is 39.2 cm³/mol. The molecule has 1 heteroatoms. The quantitative estimate of drug-likeness (QED) is 0.448. The average molecular weight is 124 g/mol. The van der Waals surface area contributed by atoms with E-state index in [1.54, 1.807) is 6.08 Å². The maximum absolute atomic E-state index is 8.39. The van der Waals surface area contributed by atoms with Gasteiger partial charge in [-0.2, -0.15) is 0 Å². The second-order valence-electron chi connectivity index (χ2n) is 1.81. The number of aliphatic hydroxyl groups excluding tert-OH is 1. The molecule has 0 aromatic carbocycles. The van der Waals surface area contributed by atoms with Crippen LogP contribution in [0, 0.1) is 0 Å². The van der Waals surface area contributed by atoms with E-state index in [0.717, 1.165) is 5.57 Å². The molecule has 50 valence electrons. The Kier molecular flexibility index (Phi) is 4.89. The Labute approximate surface area is 56.0 Å². The Morgan fingerprint density at radius 1 is 1.78 bits per heavy atom. The van der Waals surface area contributed by atoms with Crippen LogP contribution in [0.3, 0.4) is 0 Å². The molecule has 0 saturated heterocycles. The van der Waals surface area contributed by atoms with Crippen LogP contribution in [-0.4, -0.2) is 11.7 Å². The molecule has 0 aromatic heterocycles. The van der Waals surface area contributed by atoms with Gasteiger partial charge in [-0.1, -0.05) is 12.7 Å². The number of hydrogen-bond donors (Lipinski definition) is 1. The van der Waals surface area contributed by atoms with Gasteiger partial charge < -0.3 is 5.11 Å². The third-order valence-corrected chi connectivity index (χ3v) is 0.925. The molecule has 0 aliphatic rings. The molecule has 0 rings (SSSR count). The van der Waals surface area contributed by atoms with Gasteiger partial charge in [0.15, 0.2) is 0 Å². The summed E-state index contributed by atoms with van der Waals surface area (Å²) in [6.45, 7) is 5.59. The summed E-state index contributed by atoms with van der Waals surface area (Å²) in [5, 5.41) is 8.39. The molecule has 0 aliphatic heterocycles. The molecular formula is C8H12O. The lowest BCUT2D eigenvalue weighted by Crippen LogP contribution is -1.77. The zero-order chi connectivity index (χ0) is 7.11. The molecule has 0 heterocycles. The van der Waals surface area contributed by atoms with Crippen molar-refractivity contribution in [3.63, 3.8) is 0 Å². The van der Waals surface area contributed by atoms with Gasteiger partial charge in [-0.3, -0.25) is 0 Å². The van der Waals surface area contributed by atoms with Crippen LogP contribution in [-0.2, 0) is 0 Å². The van der Waals surface area contributed by atoms with Crippen molar-refractivity contribution in [2.24, 2.45) is 0 Å². The molecule has 1 nitrogen and oxygen atoms in total. The van der Waals surface area contributed by atoms with Crippen LogP contribution >= 0.6 is 0 Å². The van der Waals surface area contributed by atoms with E-state index in [0.29, 0.717) is 6.42 Å². The molecule has 0 aromatic rings. The smallest absolute Gasteiger partial charge is 0.0465 e. The average Bonchev–Trinajstić information content (AvgIpc) is 1.85. The lowest BCUT2D eigenvalue weighted by atomic mass is 10.2. The Bertz CT molecular complexity index is 139. The maximum Gasteiger partial charge on any atom is 0.0465 e. The van der Waals surface area contributed by atoms with E-state index in [1.165, 1.54) is 0 Å². The maximum atomic E-state index is 8.39. The zero-order valence-corrected chi connectivity index (χ0v) is 5.72. The van der Waals surface area contributed by atoms with Gasteiger partial charge in [0.2, 0.25) is 0 Å². The third-order valence-electron chi connectivity index (χ3n) is 0.925. The molecule has 0 amide bonds. The van der Waals surface area contributed by atoms with Crippen LogP contribution in [0.2, 0.25) is 0 Å². The molecule has 0 spiro atoms. The molecule has 0 aliphatic carbocycles. The van der Waals surface area contributed by atoms with Gasteiger partial charge in [-0.25, -0.2) is 0 Å². The van der Waals surface area contributed by atoms with E-state index >= 15 is 0 Å². The van der Waals surface area contributed by atoms with Gasteiger partial charge in [0, 0.05) is 6.61 Å². The Morgan fingerprint density at radius 2 is 2.44 bits per heavy atom. The normalized spacial score (nSPS) is 10.7. The molecule has 0 unspecified atom stereocenters. The summed E-state index contributed by atoms with van der Waals surface area (Å²) >= 11 is 0. The first-order valence-corrected chi connectivity index (χ1v) is 2.94. The van der Waals surface area contributed by atoms with Crippen molar-refractivity contribution < 1.29 is 5.11 Å². The summed E-state index contributed by atoms with van der Waals surface area (Å²) in [5.74, 6) is 0. The van der Waals surface area contributed by atoms with Gasteiger partial charge in [-0.15, -0.1) is 5.73 Å². The highest BCUT2D eigenvalue weighted by Gasteiger charge is 1.78. The zero-order valence-electron chi connectivity index (χ0n) is 5.72. The number of allylic oxidation sites excluding steroid dienone is 2. The lowest BCUT2D eigenvalue weighted by molar-refractivity contribution is 0.302. The first-order chi connectivity index (χ1) is 4.31. The summed E-state index contributed by atoms with van der Waals surface area (Å²) in [5.41, 5.74) is 3.75. The van der Waals surface area contributed by atoms with Crippen molar-refractivity contribution in [2.75, 3.05) is 6.61 Å². The van der Waals surface area contributed by atoms with E-state index in [2.05, 4.69) is 12.3 Å². The molecule has 0 bridgehead atoms. The van der Waals surface area contributed by atoms with Crippen LogP contribution in [0.5, 0.6) is 0 Å². The van der Waals surface area contributed by atoms with E-state index in [4.69, 9.17) is 5.11 Å². The van der Waals surface area contributed by atoms with Crippen LogP contribution in [0.4, 0.5) is 0 Å². The molecule has 0 saturated carbocycles. The highest BCUT2D eigenvalue weighted by atomic mass is 16.2. The van der Waals surface area contributed by atoms with Gasteiger partial charge in [0.1, 0.15) is 0 Å². The van der Waals surface area contributed by atoms with Crippen molar-refractivity contribution in [2.45, 2.75) is 13.3 Å². The van der Waals surface area contributed by atoms with Crippen molar-refractivity contribution >= 4 is 0 Å². The summed E-state index contributed by atoms with van der Waals surface area (Å²) < 4.78 is 0. The largest absolute Gasteiger partial charge is 0.396 e. The minimum atomic E-state index is 0.211. The van der Waals surface area contributed by atoms with E-state index < -0.39 is 0 Å². The molecule has 0 atom stereocenters. The molecule has 1 N–H and O–H groups in total. The van der Waals surface area contributed by atoms with Crippen LogP contribution < -0.4 is 0 Å². The van der Waals surface area contributed by atoms with Crippen molar-refractivity contribution in [3.8, 4) is 0 Å². The number of rotatable bonds is 3. The Balaban J connectivity index is 3.69. The van der Waals surface area contributed by atoms with Crippen LogP contribution in [0.25, 0.3) is 0 Å². The fourth-order valence-corrected chi connectivity index (χ4v) is 0.512. The fraction of sp³-hybridized carbons (Fsp3) is 0.375. The number of aliphatic hydroxyl groups is 1. The molecule has 0 radical (unpaired) electrons. The van der Waals surface area contributed by atoms with Gasteiger partial charge in [0.25, 0.3) is 0 Å². The highest BCUT2D eigenvalue weighted by molar-refractivity contribution is 5.14. The van der Waals surface area contributed by atoms with Crippen LogP contribution in [0.15, 0.2) is 30.0 Å². The monoisotopic (exact) mass is 124 g/mol. The van der Waals surface area contributed by atoms with Crippen molar-refractivity contribution in [1.29, 1.82) is 0 Å². The molecule has 0 fully saturated rings. The van der Waals surface area contributed by atoms with E-state index in [-0.39, 0.29) is 6.61 Å². The van der Waals surface area contributed by atoms with Crippen LogP contribution in [0.1, 0.15) is 13.3 Å². The van der Waals surface area contributed by atoms with Gasteiger partial charge >= 0.3 is 0 Å². The van der Waals surface area contributed by atoms with Gasteiger partial charge in [-0.05, 0) is 25.0 Å². The first-order valence-electron chi connectivity index (χ1n) is 2.94.